The van der Waals surface area contributed by atoms with Gasteiger partial charge in [-0.3, -0.25) is 0 Å². The minimum atomic E-state index is 1.000. The van der Waals surface area contributed by atoms with Gasteiger partial charge in [0, 0.05) is 0 Å². The van der Waals surface area contributed by atoms with Gasteiger partial charge in [0.1, 0.15) is 0 Å². The van der Waals surface area contributed by atoms with E-state index in [1.165, 1.54) is 49.7 Å². The molecular weight excluding hydrogens is 264 g/mol. The standard InChI is InChI=1S/C10H16.C8H18.C4H10/c1-8(2)6-10(5)7-9(3)4;1-4-7-8(5-2)6-3;1-3-4-2/h6-7H,1H2,2-5H3;8H,4-7H2,1-3H3;3-4H2,1-2H3/b10-6-;;. The van der Waals surface area contributed by atoms with E-state index < -0.39 is 0 Å². The van der Waals surface area contributed by atoms with Gasteiger partial charge in [0.15, 0.2) is 0 Å². The molecule has 0 atom stereocenters. The van der Waals surface area contributed by atoms with Crippen molar-refractivity contribution in [3.8, 4) is 0 Å². The molecule has 0 rings (SSSR count). The average Bonchev–Trinajstić information content (AvgIpc) is 2.44. The summed E-state index contributed by atoms with van der Waals surface area (Å²) in [5.74, 6) is 1.000. The van der Waals surface area contributed by atoms with Gasteiger partial charge in [0.2, 0.25) is 0 Å². The second-order valence-electron chi connectivity index (χ2n) is 6.43. The molecular formula is C22H44. The van der Waals surface area contributed by atoms with Crippen LogP contribution in [0.4, 0.5) is 0 Å². The summed E-state index contributed by atoms with van der Waals surface area (Å²) in [5, 5.41) is 0. The Balaban J connectivity index is -0.000000269. The van der Waals surface area contributed by atoms with E-state index in [9.17, 15) is 0 Å². The summed E-state index contributed by atoms with van der Waals surface area (Å²) >= 11 is 0. The predicted molar refractivity (Wildman–Crippen MR) is 108 cm³/mol. The molecule has 0 aromatic rings. The first kappa shape index (κ1) is 26.1. The van der Waals surface area contributed by atoms with Gasteiger partial charge < -0.3 is 0 Å². The van der Waals surface area contributed by atoms with Gasteiger partial charge in [-0.25, -0.2) is 0 Å². The van der Waals surface area contributed by atoms with Crippen molar-refractivity contribution in [2.24, 2.45) is 5.92 Å². The third-order valence-corrected chi connectivity index (χ3v) is 3.34. The summed E-state index contributed by atoms with van der Waals surface area (Å²) in [7, 11) is 0. The van der Waals surface area contributed by atoms with E-state index in [4.69, 9.17) is 0 Å². The van der Waals surface area contributed by atoms with Crippen LogP contribution < -0.4 is 0 Å². The fraction of sp³-hybridized carbons (Fsp3) is 0.727. The van der Waals surface area contributed by atoms with Crippen LogP contribution in [0.5, 0.6) is 0 Å². The lowest BCUT2D eigenvalue weighted by molar-refractivity contribution is 0.451. The monoisotopic (exact) mass is 308 g/mol. The summed E-state index contributed by atoms with van der Waals surface area (Å²) in [6.07, 6.45) is 12.4. The highest BCUT2D eigenvalue weighted by atomic mass is 14.0. The fourth-order valence-corrected chi connectivity index (χ4v) is 1.99. The van der Waals surface area contributed by atoms with Gasteiger partial charge in [-0.15, -0.1) is 0 Å². The first-order valence-electron chi connectivity index (χ1n) is 9.27. The SMILES string of the molecule is C=C(C)/C=C(/C)C=C(C)C.CCCC.CCCC(CC)CC. The van der Waals surface area contributed by atoms with Gasteiger partial charge in [0.25, 0.3) is 0 Å². The van der Waals surface area contributed by atoms with Crippen LogP contribution in [-0.4, -0.2) is 0 Å². The van der Waals surface area contributed by atoms with Crippen molar-refractivity contribution in [3.05, 3.63) is 35.5 Å². The van der Waals surface area contributed by atoms with Crippen molar-refractivity contribution < 1.29 is 0 Å². The van der Waals surface area contributed by atoms with Crippen molar-refractivity contribution >= 4 is 0 Å². The van der Waals surface area contributed by atoms with Crippen LogP contribution in [0.2, 0.25) is 0 Å². The second kappa shape index (κ2) is 20.2. The molecule has 0 aliphatic rings. The zero-order valence-electron chi connectivity index (χ0n) is 17.2. The van der Waals surface area contributed by atoms with E-state index >= 15 is 0 Å². The average molecular weight is 309 g/mol. The lowest BCUT2D eigenvalue weighted by atomic mass is 9.98. The van der Waals surface area contributed by atoms with E-state index in [1.807, 2.05) is 6.92 Å². The molecule has 22 heavy (non-hydrogen) atoms. The molecule has 0 bridgehead atoms. The molecule has 0 N–H and O–H groups in total. The normalized spacial score (nSPS) is 10.2. The van der Waals surface area contributed by atoms with Crippen LogP contribution in [0.15, 0.2) is 35.5 Å². The molecule has 0 nitrogen and oxygen atoms in total. The van der Waals surface area contributed by atoms with Crippen molar-refractivity contribution in [1.82, 2.24) is 0 Å². The molecule has 0 aromatic heterocycles. The Morgan fingerprint density at radius 2 is 1.23 bits per heavy atom. The maximum absolute atomic E-state index is 3.80. The highest BCUT2D eigenvalue weighted by Gasteiger charge is 1.98. The summed E-state index contributed by atoms with van der Waals surface area (Å²) in [6.45, 7) is 23.3. The Bertz CT molecular complexity index is 281. The maximum Gasteiger partial charge on any atom is -0.0398 e. The predicted octanol–water partition coefficient (Wildman–Crippen LogP) is 8.50. The van der Waals surface area contributed by atoms with Crippen LogP contribution in [0, 0.1) is 5.92 Å². The molecule has 0 spiro atoms. The van der Waals surface area contributed by atoms with Gasteiger partial charge in [-0.2, -0.15) is 0 Å². The summed E-state index contributed by atoms with van der Waals surface area (Å²) in [5.41, 5.74) is 3.71. The molecule has 0 saturated carbocycles. The van der Waals surface area contributed by atoms with Gasteiger partial charge >= 0.3 is 0 Å². The van der Waals surface area contributed by atoms with E-state index in [0.717, 1.165) is 11.5 Å². The van der Waals surface area contributed by atoms with Crippen LogP contribution in [0.3, 0.4) is 0 Å². The molecule has 132 valence electrons. The van der Waals surface area contributed by atoms with Crippen molar-refractivity contribution in [3.63, 3.8) is 0 Å². The van der Waals surface area contributed by atoms with Crippen LogP contribution >= 0.6 is 0 Å². The highest BCUT2D eigenvalue weighted by molar-refractivity contribution is 5.27. The smallest absolute Gasteiger partial charge is 0.0398 e. The minimum absolute atomic E-state index is 1.000. The van der Waals surface area contributed by atoms with Gasteiger partial charge in [0.05, 0.1) is 0 Å². The molecule has 0 amide bonds. The van der Waals surface area contributed by atoms with E-state index in [2.05, 4.69) is 74.1 Å². The zero-order chi connectivity index (χ0) is 18.0. The number of unbranched alkanes of at least 4 members (excludes halogenated alkanes) is 1. The lowest BCUT2D eigenvalue weighted by Gasteiger charge is -2.08. The third kappa shape index (κ3) is 27.5. The van der Waals surface area contributed by atoms with Crippen molar-refractivity contribution in [2.45, 2.75) is 101 Å². The Hall–Kier alpha value is -0.780. The van der Waals surface area contributed by atoms with E-state index in [1.54, 1.807) is 0 Å². The largest absolute Gasteiger partial charge is 0.0961 e. The second-order valence-corrected chi connectivity index (χ2v) is 6.43. The quantitative estimate of drug-likeness (QED) is 0.413. The van der Waals surface area contributed by atoms with Crippen LogP contribution in [0.25, 0.3) is 0 Å². The summed E-state index contributed by atoms with van der Waals surface area (Å²) < 4.78 is 0. The molecule has 0 unspecified atom stereocenters. The minimum Gasteiger partial charge on any atom is -0.0961 e. The Kier molecular flexibility index (Phi) is 24.0. The van der Waals surface area contributed by atoms with Crippen LogP contribution in [-0.2, 0) is 0 Å². The molecule has 0 heterocycles. The molecule has 0 heteroatoms. The molecule has 0 aliphatic carbocycles. The molecule has 0 saturated heterocycles. The lowest BCUT2D eigenvalue weighted by Crippen LogP contribution is -1.94. The molecule has 0 radical (unpaired) electrons. The molecule has 0 aliphatic heterocycles. The Labute approximate surface area is 142 Å². The number of hydrogen-bond donors (Lipinski definition) is 0. The topological polar surface area (TPSA) is 0 Å². The fourth-order valence-electron chi connectivity index (χ4n) is 1.99. The third-order valence-electron chi connectivity index (χ3n) is 3.34. The first-order chi connectivity index (χ1) is 10.3. The maximum atomic E-state index is 3.80. The molecule has 0 aromatic carbocycles. The van der Waals surface area contributed by atoms with Crippen LogP contribution in [0.1, 0.15) is 101 Å². The van der Waals surface area contributed by atoms with Crippen molar-refractivity contribution in [2.75, 3.05) is 0 Å². The van der Waals surface area contributed by atoms with Gasteiger partial charge in [-0.05, 0) is 33.6 Å². The first-order valence-corrected chi connectivity index (χ1v) is 9.27. The van der Waals surface area contributed by atoms with E-state index in [-0.39, 0.29) is 0 Å². The Morgan fingerprint density at radius 1 is 0.773 bits per heavy atom. The number of rotatable bonds is 7. The number of allylic oxidation sites excluding steroid dienone is 5. The number of hydrogen-bond acceptors (Lipinski definition) is 0. The zero-order valence-corrected chi connectivity index (χ0v) is 17.2. The summed E-state index contributed by atoms with van der Waals surface area (Å²) in [4.78, 5) is 0. The Morgan fingerprint density at radius 3 is 1.41 bits per heavy atom. The van der Waals surface area contributed by atoms with Crippen molar-refractivity contribution in [1.29, 1.82) is 0 Å². The summed E-state index contributed by atoms with van der Waals surface area (Å²) in [6, 6.07) is 0. The van der Waals surface area contributed by atoms with E-state index in [0.29, 0.717) is 0 Å². The highest BCUT2D eigenvalue weighted by Crippen LogP contribution is 2.13. The van der Waals surface area contributed by atoms with Gasteiger partial charge in [-0.1, -0.05) is 109 Å². The molecule has 0 fully saturated rings.